The number of alkyl halides is 3. The number of rotatable bonds is 2. The van der Waals surface area contributed by atoms with Crippen molar-refractivity contribution in [3.05, 3.63) is 22.8 Å². The van der Waals surface area contributed by atoms with Gasteiger partial charge in [0, 0.05) is 30.0 Å². The molecular formula is C16H20F3N5O2. The first-order valence-electron chi connectivity index (χ1n) is 8.29. The number of nitrogens with zero attached hydrogens (tertiary/aromatic N) is 5. The second kappa shape index (κ2) is 6.49. The van der Waals surface area contributed by atoms with E-state index in [0.29, 0.717) is 30.0 Å². The maximum Gasteiger partial charge on any atom is 0.453 e. The molecule has 0 aliphatic carbocycles. The SMILES string of the molecule is Cc1nc2nc(C(F)(F)F)nn2c(C)c1CC(=O)N1CC(C)OC(C)C1. The summed E-state index contributed by atoms with van der Waals surface area (Å²) in [5, 5.41) is 3.50. The maximum atomic E-state index is 12.8. The Hall–Kier alpha value is -2.23. The predicted octanol–water partition coefficient (Wildman–Crippen LogP) is 1.94. The Morgan fingerprint density at radius 3 is 2.38 bits per heavy atom. The van der Waals surface area contributed by atoms with Crippen LogP contribution in [-0.2, 0) is 22.1 Å². The molecule has 1 fully saturated rings. The van der Waals surface area contributed by atoms with E-state index < -0.39 is 12.0 Å². The molecule has 1 aliphatic rings. The number of fused-ring (bicyclic) bond motifs is 1. The van der Waals surface area contributed by atoms with Gasteiger partial charge in [0.05, 0.1) is 18.6 Å². The molecule has 2 unspecified atom stereocenters. The number of aryl methyl sites for hydroxylation is 2. The van der Waals surface area contributed by atoms with Crippen LogP contribution in [0.3, 0.4) is 0 Å². The van der Waals surface area contributed by atoms with Gasteiger partial charge in [-0.25, -0.2) is 9.50 Å². The molecule has 0 N–H and O–H groups in total. The van der Waals surface area contributed by atoms with Gasteiger partial charge in [-0.1, -0.05) is 0 Å². The van der Waals surface area contributed by atoms with Gasteiger partial charge in [0.2, 0.25) is 5.91 Å². The smallest absolute Gasteiger partial charge is 0.372 e. The van der Waals surface area contributed by atoms with Gasteiger partial charge in [0.25, 0.3) is 11.6 Å². The number of carbonyl (C=O) groups excluding carboxylic acids is 1. The average Bonchev–Trinajstić information content (AvgIpc) is 2.94. The Morgan fingerprint density at radius 2 is 1.81 bits per heavy atom. The van der Waals surface area contributed by atoms with Crippen molar-refractivity contribution < 1.29 is 22.7 Å². The Labute approximate surface area is 148 Å². The van der Waals surface area contributed by atoms with Gasteiger partial charge in [-0.2, -0.15) is 18.2 Å². The van der Waals surface area contributed by atoms with E-state index in [4.69, 9.17) is 4.74 Å². The van der Waals surface area contributed by atoms with Crippen molar-refractivity contribution in [1.82, 2.24) is 24.5 Å². The van der Waals surface area contributed by atoms with Crippen molar-refractivity contribution in [3.8, 4) is 0 Å². The van der Waals surface area contributed by atoms with Gasteiger partial charge in [0.1, 0.15) is 0 Å². The third-order valence-corrected chi connectivity index (χ3v) is 4.40. The molecule has 2 aromatic heterocycles. The van der Waals surface area contributed by atoms with E-state index in [0.717, 1.165) is 4.52 Å². The molecule has 1 amide bonds. The molecule has 3 heterocycles. The molecule has 0 radical (unpaired) electrons. The molecule has 1 aliphatic heterocycles. The number of amides is 1. The summed E-state index contributed by atoms with van der Waals surface area (Å²) in [5.41, 5.74) is 1.46. The predicted molar refractivity (Wildman–Crippen MR) is 85.6 cm³/mol. The summed E-state index contributed by atoms with van der Waals surface area (Å²) in [6.45, 7) is 8.03. The number of hydrogen-bond acceptors (Lipinski definition) is 5. The van der Waals surface area contributed by atoms with Gasteiger partial charge < -0.3 is 9.64 Å². The number of morpholine rings is 1. The summed E-state index contributed by atoms with van der Waals surface area (Å²) in [6, 6.07) is 0. The van der Waals surface area contributed by atoms with E-state index >= 15 is 0 Å². The fourth-order valence-electron chi connectivity index (χ4n) is 3.23. The van der Waals surface area contributed by atoms with Gasteiger partial charge in [0.15, 0.2) is 0 Å². The Balaban J connectivity index is 1.91. The van der Waals surface area contributed by atoms with E-state index in [1.165, 1.54) is 0 Å². The van der Waals surface area contributed by atoms with Crippen molar-refractivity contribution in [2.24, 2.45) is 0 Å². The molecule has 0 spiro atoms. The highest BCUT2D eigenvalue weighted by Gasteiger charge is 2.37. The van der Waals surface area contributed by atoms with Crippen molar-refractivity contribution in [2.45, 2.75) is 52.5 Å². The van der Waals surface area contributed by atoms with E-state index in [2.05, 4.69) is 15.1 Å². The fourth-order valence-corrected chi connectivity index (χ4v) is 3.23. The molecule has 1 saturated heterocycles. The topological polar surface area (TPSA) is 72.6 Å². The third-order valence-electron chi connectivity index (χ3n) is 4.40. The summed E-state index contributed by atoms with van der Waals surface area (Å²) >= 11 is 0. The quantitative estimate of drug-likeness (QED) is 0.807. The van der Waals surface area contributed by atoms with Gasteiger partial charge in [-0.15, -0.1) is 5.10 Å². The molecule has 3 rings (SSSR count). The van der Waals surface area contributed by atoms with Crippen LogP contribution in [-0.4, -0.2) is 55.7 Å². The Morgan fingerprint density at radius 1 is 1.19 bits per heavy atom. The first-order chi connectivity index (χ1) is 12.1. The molecule has 7 nitrogen and oxygen atoms in total. The monoisotopic (exact) mass is 371 g/mol. The van der Waals surface area contributed by atoms with Crippen molar-refractivity contribution in [2.75, 3.05) is 13.1 Å². The molecule has 10 heteroatoms. The van der Waals surface area contributed by atoms with Crippen LogP contribution in [0.25, 0.3) is 5.78 Å². The zero-order valence-electron chi connectivity index (χ0n) is 15.0. The zero-order chi connectivity index (χ0) is 19.2. The van der Waals surface area contributed by atoms with Crippen LogP contribution in [0.2, 0.25) is 0 Å². The number of carbonyl (C=O) groups is 1. The first-order valence-corrected chi connectivity index (χ1v) is 8.29. The van der Waals surface area contributed by atoms with Crippen LogP contribution in [0.1, 0.15) is 36.6 Å². The van der Waals surface area contributed by atoms with Crippen molar-refractivity contribution in [3.63, 3.8) is 0 Å². The van der Waals surface area contributed by atoms with E-state index in [1.54, 1.807) is 18.7 Å². The molecule has 26 heavy (non-hydrogen) atoms. The molecule has 2 aromatic rings. The first kappa shape index (κ1) is 18.6. The second-order valence-corrected chi connectivity index (χ2v) is 6.64. The third kappa shape index (κ3) is 3.50. The zero-order valence-corrected chi connectivity index (χ0v) is 15.0. The minimum Gasteiger partial charge on any atom is -0.372 e. The van der Waals surface area contributed by atoms with Gasteiger partial charge in [-0.3, -0.25) is 4.79 Å². The molecule has 0 bridgehead atoms. The lowest BCUT2D eigenvalue weighted by Gasteiger charge is -2.35. The summed E-state index contributed by atoms with van der Waals surface area (Å²) in [5.74, 6) is -1.49. The van der Waals surface area contributed by atoms with E-state index in [9.17, 15) is 18.0 Å². The lowest BCUT2D eigenvalue weighted by molar-refractivity contribution is -0.144. The molecule has 142 valence electrons. The maximum absolute atomic E-state index is 12.8. The van der Waals surface area contributed by atoms with Crippen LogP contribution < -0.4 is 0 Å². The van der Waals surface area contributed by atoms with E-state index in [-0.39, 0.29) is 30.3 Å². The highest BCUT2D eigenvalue weighted by atomic mass is 19.4. The minimum atomic E-state index is -4.65. The van der Waals surface area contributed by atoms with Crippen LogP contribution in [0, 0.1) is 13.8 Å². The van der Waals surface area contributed by atoms with E-state index in [1.807, 2.05) is 13.8 Å². The average molecular weight is 371 g/mol. The van der Waals surface area contributed by atoms with Crippen LogP contribution in [0.5, 0.6) is 0 Å². The van der Waals surface area contributed by atoms with Gasteiger partial charge >= 0.3 is 6.18 Å². The van der Waals surface area contributed by atoms with Gasteiger partial charge in [-0.05, 0) is 27.7 Å². The molecule has 0 aromatic carbocycles. The number of hydrogen-bond donors (Lipinski definition) is 0. The second-order valence-electron chi connectivity index (χ2n) is 6.64. The summed E-state index contributed by atoms with van der Waals surface area (Å²) in [6.07, 6.45) is -4.73. The fraction of sp³-hybridized carbons (Fsp3) is 0.625. The van der Waals surface area contributed by atoms with Crippen molar-refractivity contribution in [1.29, 1.82) is 0 Å². The van der Waals surface area contributed by atoms with Crippen LogP contribution >= 0.6 is 0 Å². The summed E-state index contributed by atoms with van der Waals surface area (Å²) in [7, 11) is 0. The lowest BCUT2D eigenvalue weighted by Crippen LogP contribution is -2.48. The summed E-state index contributed by atoms with van der Waals surface area (Å²) in [4.78, 5) is 21.9. The standard InChI is InChI=1S/C16H20F3N5O2/c1-8-6-23(7-9(2)26-8)13(25)5-12-10(3)20-15-21-14(16(17,18)19)22-24(15)11(12)4/h8-9H,5-7H2,1-4H3. The highest BCUT2D eigenvalue weighted by molar-refractivity contribution is 5.79. The lowest BCUT2D eigenvalue weighted by atomic mass is 10.1. The highest BCUT2D eigenvalue weighted by Crippen LogP contribution is 2.27. The molecule has 0 saturated carbocycles. The molecular weight excluding hydrogens is 351 g/mol. The number of halogens is 3. The number of aromatic nitrogens is 4. The largest absolute Gasteiger partial charge is 0.453 e. The number of ether oxygens (including phenoxy) is 1. The Bertz CT molecular complexity index is 839. The van der Waals surface area contributed by atoms with Crippen LogP contribution in [0.4, 0.5) is 13.2 Å². The van der Waals surface area contributed by atoms with Crippen LogP contribution in [0.15, 0.2) is 0 Å². The van der Waals surface area contributed by atoms with Crippen molar-refractivity contribution >= 4 is 11.7 Å². The minimum absolute atomic E-state index is 0.0429. The normalized spacial score (nSPS) is 21.4. The molecule has 2 atom stereocenters. The Kier molecular flexibility index (Phi) is 4.63. The summed E-state index contributed by atoms with van der Waals surface area (Å²) < 4.78 is 45.2.